The number of carbonyl (C=O) groups is 1. The molecule has 0 spiro atoms. The smallest absolute Gasteiger partial charge is 0.169 e. The van der Waals surface area contributed by atoms with Gasteiger partial charge in [-0.3, -0.25) is 14.5 Å². The number of Topliss-reactive ketones (excluding diaryl/α,β-unsaturated/α-hetero) is 1. The van der Waals surface area contributed by atoms with Crippen LogP contribution in [0.25, 0.3) is 22.3 Å². The van der Waals surface area contributed by atoms with Crippen LogP contribution in [0.3, 0.4) is 0 Å². The second kappa shape index (κ2) is 8.47. The molecule has 32 heavy (non-hydrogen) atoms. The highest BCUT2D eigenvalue weighted by Gasteiger charge is 2.17. The summed E-state index contributed by atoms with van der Waals surface area (Å²) in [5, 5.41) is 5.35. The average molecular weight is 428 g/mol. The lowest BCUT2D eigenvalue weighted by Crippen LogP contribution is -2.44. The topological polar surface area (TPSA) is 80.0 Å². The van der Waals surface area contributed by atoms with Gasteiger partial charge < -0.3 is 9.80 Å². The Bertz CT molecular complexity index is 1270. The van der Waals surface area contributed by atoms with E-state index in [4.69, 9.17) is 4.98 Å². The van der Waals surface area contributed by atoms with Crippen molar-refractivity contribution >= 4 is 22.5 Å². The standard InChI is InChI=1S/C24H25N7O/c1-29-9-11-31(12-10-29)24-13-17(5-7-25-24)23(32)15-19-14-22-18(16-26-19)3-4-20(27-22)21-6-8-30(2)28-21/h3-8,13-14,16H,9-12,15H2,1-2H3. The Labute approximate surface area is 186 Å². The Kier molecular flexibility index (Phi) is 5.36. The Morgan fingerprint density at radius 2 is 1.81 bits per heavy atom. The fraction of sp³-hybridized carbons (Fsp3) is 0.292. The van der Waals surface area contributed by atoms with E-state index in [2.05, 4.69) is 31.9 Å². The molecule has 162 valence electrons. The monoisotopic (exact) mass is 427 g/mol. The number of anilines is 1. The van der Waals surface area contributed by atoms with Gasteiger partial charge in [0.25, 0.3) is 0 Å². The summed E-state index contributed by atoms with van der Waals surface area (Å²) in [4.78, 5) is 31.2. The number of hydrogen-bond donors (Lipinski definition) is 0. The van der Waals surface area contributed by atoms with Gasteiger partial charge in [0.1, 0.15) is 11.5 Å². The van der Waals surface area contributed by atoms with Crippen LogP contribution in [0.15, 0.2) is 55.0 Å². The minimum atomic E-state index is 0.0236. The molecule has 1 aliphatic heterocycles. The van der Waals surface area contributed by atoms with Gasteiger partial charge in [-0.2, -0.15) is 5.10 Å². The van der Waals surface area contributed by atoms with Crippen molar-refractivity contribution in [1.82, 2.24) is 29.6 Å². The third-order valence-electron chi connectivity index (χ3n) is 5.84. The van der Waals surface area contributed by atoms with Crippen LogP contribution in [0, 0.1) is 0 Å². The molecule has 5 rings (SSSR count). The molecule has 0 unspecified atom stereocenters. The minimum absolute atomic E-state index is 0.0236. The molecule has 0 bridgehead atoms. The number of carbonyl (C=O) groups excluding carboxylic acids is 1. The molecule has 0 aromatic carbocycles. The van der Waals surface area contributed by atoms with Crippen LogP contribution < -0.4 is 4.90 Å². The SMILES string of the molecule is CN1CCN(c2cc(C(=O)Cc3cc4nc(-c5ccn(C)n5)ccc4cn3)ccn2)CC1. The van der Waals surface area contributed by atoms with Gasteiger partial charge >= 0.3 is 0 Å². The van der Waals surface area contributed by atoms with Gasteiger partial charge in [-0.05, 0) is 43.4 Å². The fourth-order valence-corrected chi connectivity index (χ4v) is 3.92. The summed E-state index contributed by atoms with van der Waals surface area (Å²) in [6.07, 6.45) is 5.60. The molecule has 8 nitrogen and oxygen atoms in total. The Morgan fingerprint density at radius 3 is 2.59 bits per heavy atom. The number of nitrogens with zero attached hydrogens (tertiary/aromatic N) is 7. The molecule has 1 aliphatic rings. The number of aryl methyl sites for hydroxylation is 1. The first-order chi connectivity index (χ1) is 15.5. The van der Waals surface area contributed by atoms with Crippen molar-refractivity contribution in [1.29, 1.82) is 0 Å². The largest absolute Gasteiger partial charge is 0.354 e. The highest BCUT2D eigenvalue weighted by Crippen LogP contribution is 2.21. The number of piperazine rings is 1. The molecule has 0 radical (unpaired) electrons. The van der Waals surface area contributed by atoms with Crippen molar-refractivity contribution in [2.45, 2.75) is 6.42 Å². The van der Waals surface area contributed by atoms with Crippen LogP contribution >= 0.6 is 0 Å². The van der Waals surface area contributed by atoms with Gasteiger partial charge in [0.15, 0.2) is 5.78 Å². The predicted molar refractivity (Wildman–Crippen MR) is 124 cm³/mol. The maximum atomic E-state index is 13.0. The van der Waals surface area contributed by atoms with Crippen molar-refractivity contribution in [2.24, 2.45) is 7.05 Å². The summed E-state index contributed by atoms with van der Waals surface area (Å²) in [5.74, 6) is 0.882. The number of pyridine rings is 3. The zero-order valence-corrected chi connectivity index (χ0v) is 18.3. The van der Waals surface area contributed by atoms with Crippen molar-refractivity contribution < 1.29 is 4.79 Å². The van der Waals surface area contributed by atoms with Crippen LogP contribution in [-0.4, -0.2) is 68.6 Å². The summed E-state index contributed by atoms with van der Waals surface area (Å²) in [6.45, 7) is 3.82. The lowest BCUT2D eigenvalue weighted by Gasteiger charge is -2.33. The third-order valence-corrected chi connectivity index (χ3v) is 5.84. The summed E-state index contributed by atoms with van der Waals surface area (Å²) in [5.41, 5.74) is 3.78. The van der Waals surface area contributed by atoms with Crippen LogP contribution in [0.1, 0.15) is 16.1 Å². The highest BCUT2D eigenvalue weighted by molar-refractivity contribution is 5.98. The quantitative estimate of drug-likeness (QED) is 0.453. The maximum absolute atomic E-state index is 13.0. The van der Waals surface area contributed by atoms with Gasteiger partial charge in [-0.15, -0.1) is 0 Å². The number of rotatable bonds is 5. The molecule has 0 amide bonds. The van der Waals surface area contributed by atoms with E-state index >= 15 is 0 Å². The van der Waals surface area contributed by atoms with Crippen molar-refractivity contribution in [3.63, 3.8) is 0 Å². The molecule has 4 aromatic rings. The van der Waals surface area contributed by atoms with Crippen LogP contribution in [0.4, 0.5) is 5.82 Å². The molecule has 8 heteroatoms. The normalized spacial score (nSPS) is 14.8. The van der Waals surface area contributed by atoms with E-state index in [1.54, 1.807) is 23.1 Å². The predicted octanol–water partition coefficient (Wildman–Crippen LogP) is 2.60. The van der Waals surface area contributed by atoms with Gasteiger partial charge in [0.05, 0.1) is 23.3 Å². The van der Waals surface area contributed by atoms with Crippen LogP contribution in [0.2, 0.25) is 0 Å². The summed E-state index contributed by atoms with van der Waals surface area (Å²) < 4.78 is 1.75. The highest BCUT2D eigenvalue weighted by atomic mass is 16.1. The Balaban J connectivity index is 1.36. The van der Waals surface area contributed by atoms with Crippen molar-refractivity contribution in [3.05, 3.63) is 66.2 Å². The molecule has 0 N–H and O–H groups in total. The van der Waals surface area contributed by atoms with Crippen molar-refractivity contribution in [2.75, 3.05) is 38.1 Å². The van der Waals surface area contributed by atoms with E-state index in [1.807, 2.05) is 43.6 Å². The second-order valence-electron chi connectivity index (χ2n) is 8.23. The zero-order chi connectivity index (χ0) is 22.1. The molecular formula is C24H25N7O. The van der Waals surface area contributed by atoms with E-state index in [1.165, 1.54) is 0 Å². The number of fused-ring (bicyclic) bond motifs is 1. The maximum Gasteiger partial charge on any atom is 0.169 e. The number of ketones is 1. The molecule has 0 atom stereocenters. The first-order valence-corrected chi connectivity index (χ1v) is 10.7. The van der Waals surface area contributed by atoms with Gasteiger partial charge in [0, 0.05) is 62.8 Å². The van der Waals surface area contributed by atoms with E-state index in [9.17, 15) is 4.79 Å². The molecule has 4 aromatic heterocycles. The summed E-state index contributed by atoms with van der Waals surface area (Å²) >= 11 is 0. The average Bonchev–Trinajstić information content (AvgIpc) is 3.25. The molecule has 1 fully saturated rings. The third kappa shape index (κ3) is 4.22. The molecule has 0 aliphatic carbocycles. The van der Waals surface area contributed by atoms with Gasteiger partial charge in [-0.1, -0.05) is 0 Å². The fourth-order valence-electron chi connectivity index (χ4n) is 3.92. The number of likely N-dealkylation sites (N-methyl/N-ethyl adjacent to an activating group) is 1. The first-order valence-electron chi connectivity index (χ1n) is 10.7. The summed E-state index contributed by atoms with van der Waals surface area (Å²) in [7, 11) is 4.00. The van der Waals surface area contributed by atoms with E-state index < -0.39 is 0 Å². The molecular weight excluding hydrogens is 402 g/mol. The number of aromatic nitrogens is 5. The lowest BCUT2D eigenvalue weighted by atomic mass is 10.1. The van der Waals surface area contributed by atoms with E-state index in [0.717, 1.165) is 54.3 Å². The van der Waals surface area contributed by atoms with Crippen LogP contribution in [0.5, 0.6) is 0 Å². The van der Waals surface area contributed by atoms with Crippen molar-refractivity contribution in [3.8, 4) is 11.4 Å². The molecule has 1 saturated heterocycles. The van der Waals surface area contributed by atoms with Gasteiger partial charge in [-0.25, -0.2) is 9.97 Å². The lowest BCUT2D eigenvalue weighted by molar-refractivity contribution is 0.0992. The molecule has 5 heterocycles. The van der Waals surface area contributed by atoms with E-state index in [0.29, 0.717) is 11.3 Å². The molecule has 0 saturated carbocycles. The Morgan fingerprint density at radius 1 is 0.969 bits per heavy atom. The number of hydrogen-bond acceptors (Lipinski definition) is 7. The van der Waals surface area contributed by atoms with Gasteiger partial charge in [0.2, 0.25) is 0 Å². The minimum Gasteiger partial charge on any atom is -0.354 e. The van der Waals surface area contributed by atoms with E-state index in [-0.39, 0.29) is 12.2 Å². The first kappa shape index (κ1) is 20.3. The van der Waals surface area contributed by atoms with Crippen LogP contribution in [-0.2, 0) is 13.5 Å². The second-order valence-corrected chi connectivity index (χ2v) is 8.23. The zero-order valence-electron chi connectivity index (χ0n) is 18.3. The summed E-state index contributed by atoms with van der Waals surface area (Å²) in [6, 6.07) is 11.4. The Hall–Kier alpha value is -3.65.